The summed E-state index contributed by atoms with van der Waals surface area (Å²) in [5, 5.41) is 2.93. The molecule has 2 nitrogen and oxygen atoms in total. The van der Waals surface area contributed by atoms with Crippen LogP contribution in [0.4, 0.5) is 5.69 Å². The predicted molar refractivity (Wildman–Crippen MR) is 64.6 cm³/mol. The third-order valence-electron chi connectivity index (χ3n) is 2.51. The Kier molecular flexibility index (Phi) is 3.21. The van der Waals surface area contributed by atoms with E-state index in [1.807, 2.05) is 24.3 Å². The van der Waals surface area contributed by atoms with Crippen LogP contribution in [0.1, 0.15) is 12.8 Å². The lowest BCUT2D eigenvalue weighted by Gasteiger charge is -2.11. The standard InChI is InChI=1S/C12H12BrNO/c13-10-7-3-4-8-11(10)14-12(15)9-5-1-2-6-9/h1-4,7-9H,5-6H2,(H,14,15). The molecule has 0 bridgehead atoms. The number of nitrogens with one attached hydrogen (secondary N) is 1. The Labute approximate surface area is 97.5 Å². The Bertz CT molecular complexity index is 392. The summed E-state index contributed by atoms with van der Waals surface area (Å²) >= 11 is 3.40. The molecule has 0 spiro atoms. The highest BCUT2D eigenvalue weighted by atomic mass is 79.9. The van der Waals surface area contributed by atoms with E-state index in [0.717, 1.165) is 23.0 Å². The summed E-state index contributed by atoms with van der Waals surface area (Å²) in [6.45, 7) is 0. The van der Waals surface area contributed by atoms with Crippen molar-refractivity contribution in [1.29, 1.82) is 0 Å². The van der Waals surface area contributed by atoms with Crippen LogP contribution in [0.5, 0.6) is 0 Å². The van der Waals surface area contributed by atoms with E-state index in [1.165, 1.54) is 0 Å². The van der Waals surface area contributed by atoms with E-state index in [2.05, 4.69) is 33.4 Å². The molecule has 1 aliphatic rings. The Morgan fingerprint density at radius 1 is 1.27 bits per heavy atom. The number of amides is 1. The molecule has 2 rings (SSSR count). The lowest BCUT2D eigenvalue weighted by atomic mass is 10.1. The van der Waals surface area contributed by atoms with Crippen LogP contribution in [-0.2, 0) is 4.79 Å². The van der Waals surface area contributed by atoms with E-state index >= 15 is 0 Å². The summed E-state index contributed by atoms with van der Waals surface area (Å²) in [6.07, 6.45) is 5.83. The minimum Gasteiger partial charge on any atom is -0.325 e. The molecule has 0 unspecified atom stereocenters. The number of anilines is 1. The number of rotatable bonds is 2. The summed E-state index contributed by atoms with van der Waals surface area (Å²) < 4.78 is 0.921. The molecule has 0 atom stereocenters. The highest BCUT2D eigenvalue weighted by Gasteiger charge is 2.19. The van der Waals surface area contributed by atoms with Gasteiger partial charge >= 0.3 is 0 Å². The van der Waals surface area contributed by atoms with Crippen LogP contribution < -0.4 is 5.32 Å². The molecule has 0 aromatic heterocycles. The van der Waals surface area contributed by atoms with Crippen LogP contribution in [-0.4, -0.2) is 5.91 Å². The first-order valence-corrected chi connectivity index (χ1v) is 5.77. The molecule has 1 aromatic rings. The second-order valence-electron chi connectivity index (χ2n) is 3.61. The van der Waals surface area contributed by atoms with Crippen molar-refractivity contribution in [3.63, 3.8) is 0 Å². The molecule has 1 amide bonds. The van der Waals surface area contributed by atoms with Crippen molar-refractivity contribution in [2.24, 2.45) is 5.92 Å². The van der Waals surface area contributed by atoms with Gasteiger partial charge in [-0.15, -0.1) is 0 Å². The lowest BCUT2D eigenvalue weighted by Crippen LogP contribution is -2.20. The van der Waals surface area contributed by atoms with Gasteiger partial charge in [0, 0.05) is 10.4 Å². The van der Waals surface area contributed by atoms with Gasteiger partial charge in [-0.25, -0.2) is 0 Å². The number of hydrogen-bond acceptors (Lipinski definition) is 1. The van der Waals surface area contributed by atoms with Gasteiger partial charge in [0.1, 0.15) is 0 Å². The molecule has 0 saturated heterocycles. The van der Waals surface area contributed by atoms with Crippen molar-refractivity contribution in [1.82, 2.24) is 0 Å². The van der Waals surface area contributed by atoms with Gasteiger partial charge in [-0.2, -0.15) is 0 Å². The molecule has 1 aromatic carbocycles. The number of carbonyl (C=O) groups excluding carboxylic acids is 1. The number of carbonyl (C=O) groups is 1. The number of benzene rings is 1. The quantitative estimate of drug-likeness (QED) is 0.817. The average molecular weight is 266 g/mol. The molecule has 15 heavy (non-hydrogen) atoms. The zero-order chi connectivity index (χ0) is 10.7. The zero-order valence-electron chi connectivity index (χ0n) is 8.24. The van der Waals surface area contributed by atoms with Gasteiger partial charge in [-0.05, 0) is 40.9 Å². The summed E-state index contributed by atoms with van der Waals surface area (Å²) in [5.74, 6) is 0.212. The molecule has 0 radical (unpaired) electrons. The Morgan fingerprint density at radius 2 is 1.93 bits per heavy atom. The maximum atomic E-state index is 11.8. The third-order valence-corrected chi connectivity index (χ3v) is 3.20. The normalized spacial score (nSPS) is 15.5. The van der Waals surface area contributed by atoms with Gasteiger partial charge in [-0.1, -0.05) is 24.3 Å². The van der Waals surface area contributed by atoms with Gasteiger partial charge in [0.25, 0.3) is 0 Å². The predicted octanol–water partition coefficient (Wildman–Crippen LogP) is 3.35. The fourth-order valence-electron chi connectivity index (χ4n) is 1.63. The molecular weight excluding hydrogens is 254 g/mol. The van der Waals surface area contributed by atoms with E-state index < -0.39 is 0 Å². The van der Waals surface area contributed by atoms with Crippen LogP contribution in [0.25, 0.3) is 0 Å². The van der Waals surface area contributed by atoms with Crippen LogP contribution in [0.15, 0.2) is 40.9 Å². The van der Waals surface area contributed by atoms with Crippen molar-refractivity contribution in [3.8, 4) is 0 Å². The number of hydrogen-bond donors (Lipinski definition) is 1. The van der Waals surface area contributed by atoms with Crippen LogP contribution >= 0.6 is 15.9 Å². The summed E-state index contributed by atoms with van der Waals surface area (Å²) in [5.41, 5.74) is 0.842. The largest absolute Gasteiger partial charge is 0.325 e. The van der Waals surface area contributed by atoms with E-state index in [1.54, 1.807) is 0 Å². The fourth-order valence-corrected chi connectivity index (χ4v) is 2.01. The molecule has 1 N–H and O–H groups in total. The van der Waals surface area contributed by atoms with E-state index in [-0.39, 0.29) is 11.8 Å². The number of halogens is 1. The minimum atomic E-state index is 0.104. The van der Waals surface area contributed by atoms with Gasteiger partial charge in [0.15, 0.2) is 0 Å². The fraction of sp³-hybridized carbons (Fsp3) is 0.250. The Balaban J connectivity index is 2.02. The van der Waals surface area contributed by atoms with Crippen molar-refractivity contribution < 1.29 is 4.79 Å². The lowest BCUT2D eigenvalue weighted by molar-refractivity contribution is -0.119. The van der Waals surface area contributed by atoms with Gasteiger partial charge in [-0.3, -0.25) is 4.79 Å². The zero-order valence-corrected chi connectivity index (χ0v) is 9.83. The van der Waals surface area contributed by atoms with Crippen LogP contribution in [0.2, 0.25) is 0 Å². The molecule has 0 fully saturated rings. The highest BCUT2D eigenvalue weighted by molar-refractivity contribution is 9.10. The van der Waals surface area contributed by atoms with Gasteiger partial charge < -0.3 is 5.32 Å². The van der Waals surface area contributed by atoms with E-state index in [0.29, 0.717) is 0 Å². The molecule has 78 valence electrons. The SMILES string of the molecule is O=C(Nc1ccccc1Br)C1CC=CC1. The molecule has 3 heteroatoms. The molecular formula is C12H12BrNO. The second-order valence-corrected chi connectivity index (χ2v) is 4.46. The topological polar surface area (TPSA) is 29.1 Å². The minimum absolute atomic E-state index is 0.104. The maximum absolute atomic E-state index is 11.8. The van der Waals surface area contributed by atoms with E-state index in [9.17, 15) is 4.79 Å². The smallest absolute Gasteiger partial charge is 0.228 e. The molecule has 0 aliphatic heterocycles. The number of allylic oxidation sites excluding steroid dienone is 2. The van der Waals surface area contributed by atoms with Crippen LogP contribution in [0.3, 0.4) is 0 Å². The highest BCUT2D eigenvalue weighted by Crippen LogP contribution is 2.24. The number of para-hydroxylation sites is 1. The van der Waals surface area contributed by atoms with E-state index in [4.69, 9.17) is 0 Å². The van der Waals surface area contributed by atoms with Gasteiger partial charge in [0.2, 0.25) is 5.91 Å². The van der Waals surface area contributed by atoms with Crippen molar-refractivity contribution in [2.45, 2.75) is 12.8 Å². The third kappa shape index (κ3) is 2.48. The monoisotopic (exact) mass is 265 g/mol. The van der Waals surface area contributed by atoms with Crippen molar-refractivity contribution in [3.05, 3.63) is 40.9 Å². The molecule has 0 heterocycles. The van der Waals surface area contributed by atoms with Gasteiger partial charge in [0.05, 0.1) is 5.69 Å². The molecule has 1 aliphatic carbocycles. The molecule has 0 saturated carbocycles. The van der Waals surface area contributed by atoms with Crippen molar-refractivity contribution >= 4 is 27.5 Å². The summed E-state index contributed by atoms with van der Waals surface area (Å²) in [4.78, 5) is 11.8. The first-order chi connectivity index (χ1) is 7.27. The Morgan fingerprint density at radius 3 is 2.60 bits per heavy atom. The Hall–Kier alpha value is -1.09. The van der Waals surface area contributed by atoms with Crippen LogP contribution in [0, 0.1) is 5.92 Å². The maximum Gasteiger partial charge on any atom is 0.228 e. The van der Waals surface area contributed by atoms with Crippen molar-refractivity contribution in [2.75, 3.05) is 5.32 Å². The first-order valence-electron chi connectivity index (χ1n) is 4.98. The second kappa shape index (κ2) is 4.62. The summed E-state index contributed by atoms with van der Waals surface area (Å²) in [7, 11) is 0. The first kappa shape index (κ1) is 10.4. The summed E-state index contributed by atoms with van der Waals surface area (Å²) in [6, 6.07) is 7.65. The average Bonchev–Trinajstić information content (AvgIpc) is 2.74.